The van der Waals surface area contributed by atoms with Crippen molar-refractivity contribution in [3.05, 3.63) is 25.0 Å². The molecular weight excluding hydrogens is 80.0 g/mol. The third-order valence-corrected chi connectivity index (χ3v) is 0.414. The van der Waals surface area contributed by atoms with Crippen molar-refractivity contribution in [1.82, 2.24) is 0 Å². The maximum absolute atomic E-state index is 4.56. The third-order valence-electron chi connectivity index (χ3n) is 0.414. The van der Waals surface area contributed by atoms with Crippen LogP contribution in [0.2, 0.25) is 0 Å². The Morgan fingerprint density at radius 2 is 2.67 bits per heavy atom. The molecule has 1 rings (SSSR count). The highest BCUT2D eigenvalue weighted by Gasteiger charge is 2.07. The van der Waals surface area contributed by atoms with Gasteiger partial charge in [-0.05, 0) is 0 Å². The van der Waals surface area contributed by atoms with Gasteiger partial charge >= 0.3 is 5.95 Å². The molecule has 6 heavy (non-hydrogen) atoms. The molecule has 0 fully saturated rings. The summed E-state index contributed by atoms with van der Waals surface area (Å²) in [7, 11) is 0. The Kier molecular flexibility index (Phi) is 0.572. The lowest BCUT2D eigenvalue weighted by Crippen LogP contribution is -1.62. The van der Waals surface area contributed by atoms with E-state index in [-0.39, 0.29) is 0 Å². The molecule has 0 saturated carbocycles. The normalized spacial score (nSPS) is 14.3. The average molecular weight is 84.1 g/mol. The number of rotatable bonds is 2. The van der Waals surface area contributed by atoms with Crippen LogP contribution in [0.1, 0.15) is 0 Å². The zero-order valence-electron chi connectivity index (χ0n) is 3.18. The smallest absolute Gasteiger partial charge is 0.326 e. The quantitative estimate of drug-likeness (QED) is 0.465. The van der Waals surface area contributed by atoms with Gasteiger partial charge in [-0.15, -0.1) is 0 Å². The predicted octanol–water partition coefficient (Wildman–Crippen LogP) is 0.976. The molecule has 0 aromatic heterocycles. The van der Waals surface area contributed by atoms with Crippen LogP contribution in [0.15, 0.2) is 25.0 Å². The van der Waals surface area contributed by atoms with Crippen molar-refractivity contribution in [3.63, 3.8) is 0 Å². The van der Waals surface area contributed by atoms with E-state index in [0.29, 0.717) is 5.95 Å². The molecule has 1 heterocycles. The van der Waals surface area contributed by atoms with Gasteiger partial charge in [0.1, 0.15) is 0 Å². The van der Waals surface area contributed by atoms with Gasteiger partial charge in [-0.2, -0.15) is 0 Å². The molecular formula is C4H4O2. The Hall–Kier alpha value is -0.920. The van der Waals surface area contributed by atoms with Crippen molar-refractivity contribution in [2.75, 3.05) is 0 Å². The first-order chi connectivity index (χ1) is 2.93. The largest absolute Gasteiger partial charge is 0.432 e. The van der Waals surface area contributed by atoms with Crippen LogP contribution in [0.4, 0.5) is 0 Å². The minimum atomic E-state index is 0.546. The van der Waals surface area contributed by atoms with Gasteiger partial charge in [-0.25, -0.2) is 0 Å². The fraction of sp³-hybridized carbons (Fsp3) is 0. The summed E-state index contributed by atoms with van der Waals surface area (Å²) in [6, 6.07) is 0. The molecule has 0 aromatic rings. The fourth-order valence-electron chi connectivity index (χ4n) is 0.162. The van der Waals surface area contributed by atoms with Gasteiger partial charge in [0.15, 0.2) is 6.26 Å². The Morgan fingerprint density at radius 3 is 2.83 bits per heavy atom. The second-order valence-corrected chi connectivity index (χ2v) is 0.839. The van der Waals surface area contributed by atoms with Crippen molar-refractivity contribution >= 4 is 0 Å². The lowest BCUT2D eigenvalue weighted by Gasteiger charge is -1.79. The first kappa shape index (κ1) is 3.28. The highest BCUT2D eigenvalue weighted by atomic mass is 16.7. The van der Waals surface area contributed by atoms with Gasteiger partial charge in [0.2, 0.25) is 0 Å². The van der Waals surface area contributed by atoms with E-state index in [1.807, 2.05) is 0 Å². The van der Waals surface area contributed by atoms with Gasteiger partial charge in [0, 0.05) is 0 Å². The maximum Gasteiger partial charge on any atom is 0.326 e. The van der Waals surface area contributed by atoms with Crippen molar-refractivity contribution in [3.8, 4) is 0 Å². The van der Waals surface area contributed by atoms with E-state index >= 15 is 0 Å². The second-order valence-electron chi connectivity index (χ2n) is 0.839. The van der Waals surface area contributed by atoms with E-state index < -0.39 is 0 Å². The van der Waals surface area contributed by atoms with E-state index in [4.69, 9.17) is 0 Å². The van der Waals surface area contributed by atoms with Crippen LogP contribution in [0.3, 0.4) is 0 Å². The Morgan fingerprint density at radius 1 is 2.00 bits per heavy atom. The van der Waals surface area contributed by atoms with Crippen molar-refractivity contribution in [2.24, 2.45) is 0 Å². The zero-order chi connectivity index (χ0) is 4.41. The first-order valence-corrected chi connectivity index (χ1v) is 1.58. The van der Waals surface area contributed by atoms with Crippen LogP contribution in [0.5, 0.6) is 0 Å². The standard InChI is InChI=1S/C4H4O2/c1-2-5-4-3-6-4/h2-3H,1H2. The summed E-state index contributed by atoms with van der Waals surface area (Å²) in [5.74, 6) is 0.546. The summed E-state index contributed by atoms with van der Waals surface area (Å²) in [5.41, 5.74) is 0. The van der Waals surface area contributed by atoms with Crippen LogP contribution in [0, 0.1) is 0 Å². The van der Waals surface area contributed by atoms with E-state index in [0.717, 1.165) is 0 Å². The van der Waals surface area contributed by atoms with Gasteiger partial charge in [-0.1, -0.05) is 6.58 Å². The molecule has 0 unspecified atom stereocenters. The molecule has 2 heteroatoms. The van der Waals surface area contributed by atoms with Gasteiger partial charge in [0.25, 0.3) is 0 Å². The zero-order valence-corrected chi connectivity index (χ0v) is 3.18. The summed E-state index contributed by atoms with van der Waals surface area (Å²) in [6.07, 6.45) is 2.82. The SMILES string of the molecule is C=COC1=CO1. The van der Waals surface area contributed by atoms with E-state index in [9.17, 15) is 0 Å². The molecule has 0 spiro atoms. The molecule has 0 aromatic carbocycles. The van der Waals surface area contributed by atoms with Crippen LogP contribution in [-0.2, 0) is 9.47 Å². The van der Waals surface area contributed by atoms with Crippen LogP contribution >= 0.6 is 0 Å². The monoisotopic (exact) mass is 84.0 g/mol. The number of hydrogen-bond acceptors (Lipinski definition) is 2. The fourth-order valence-corrected chi connectivity index (χ4v) is 0.162. The van der Waals surface area contributed by atoms with Crippen molar-refractivity contribution in [2.45, 2.75) is 0 Å². The molecule has 0 amide bonds. The minimum Gasteiger partial charge on any atom is -0.432 e. The lowest BCUT2D eigenvalue weighted by atomic mass is 11.1. The molecule has 0 N–H and O–H groups in total. The summed E-state index contributed by atoms with van der Waals surface area (Å²) in [6.45, 7) is 3.30. The van der Waals surface area contributed by atoms with Crippen molar-refractivity contribution in [1.29, 1.82) is 0 Å². The third kappa shape index (κ3) is 0.516. The predicted molar refractivity (Wildman–Crippen MR) is 20.4 cm³/mol. The molecule has 0 bridgehead atoms. The minimum absolute atomic E-state index is 0.546. The summed E-state index contributed by atoms with van der Waals surface area (Å²) in [4.78, 5) is 0. The average Bonchev–Trinajstić information content (AvgIpc) is 2.21. The molecule has 1 aliphatic heterocycles. The Balaban J connectivity index is 2.16. The van der Waals surface area contributed by atoms with Crippen LogP contribution in [0.25, 0.3) is 0 Å². The van der Waals surface area contributed by atoms with E-state index in [1.165, 1.54) is 12.5 Å². The highest BCUT2D eigenvalue weighted by molar-refractivity contribution is 4.93. The first-order valence-electron chi connectivity index (χ1n) is 1.58. The molecule has 0 saturated heterocycles. The number of ether oxygens (including phenoxy) is 2. The van der Waals surface area contributed by atoms with Gasteiger partial charge in [0.05, 0.1) is 6.26 Å². The molecule has 0 aliphatic carbocycles. The van der Waals surface area contributed by atoms with E-state index in [1.54, 1.807) is 0 Å². The van der Waals surface area contributed by atoms with Crippen LogP contribution < -0.4 is 0 Å². The van der Waals surface area contributed by atoms with Crippen LogP contribution in [-0.4, -0.2) is 0 Å². The lowest BCUT2D eigenvalue weighted by molar-refractivity contribution is 0.251. The summed E-state index contributed by atoms with van der Waals surface area (Å²) < 4.78 is 9.00. The molecule has 0 atom stereocenters. The summed E-state index contributed by atoms with van der Waals surface area (Å²) in [5, 5.41) is 0. The highest BCUT2D eigenvalue weighted by Crippen LogP contribution is 2.13. The van der Waals surface area contributed by atoms with E-state index in [2.05, 4.69) is 16.1 Å². The Bertz CT molecular complexity index is 93.7. The topological polar surface area (TPSA) is 21.8 Å². The second kappa shape index (κ2) is 1.05. The molecule has 2 nitrogen and oxygen atoms in total. The molecule has 1 aliphatic rings. The van der Waals surface area contributed by atoms with Gasteiger partial charge < -0.3 is 9.47 Å². The molecule has 0 radical (unpaired) electrons. The number of hydrogen-bond donors (Lipinski definition) is 0. The van der Waals surface area contributed by atoms with Gasteiger partial charge in [-0.3, -0.25) is 0 Å². The Labute approximate surface area is 35.7 Å². The molecule has 32 valence electrons. The maximum atomic E-state index is 4.56. The summed E-state index contributed by atoms with van der Waals surface area (Å²) >= 11 is 0. The van der Waals surface area contributed by atoms with Crippen molar-refractivity contribution < 1.29 is 9.47 Å².